The monoisotopic (exact) mass is 318 g/mol. The largest absolute Gasteiger partial charge is 0.379 e. The van der Waals surface area contributed by atoms with Crippen LogP contribution in [0.3, 0.4) is 0 Å². The lowest BCUT2D eigenvalue weighted by atomic mass is 9.89. The predicted octanol–water partition coefficient (Wildman–Crippen LogP) is 0.868. The molecule has 6 heteroatoms. The molecule has 1 N–H and O–H groups in total. The Balaban J connectivity index is 1.61. The molecule has 0 radical (unpaired) electrons. The predicted molar refractivity (Wildman–Crippen MR) is 87.0 cm³/mol. The van der Waals surface area contributed by atoms with Gasteiger partial charge in [0.2, 0.25) is 0 Å². The van der Waals surface area contributed by atoms with Crippen LogP contribution < -0.4 is 5.32 Å². The first-order chi connectivity index (χ1) is 11.2. The lowest BCUT2D eigenvalue weighted by Gasteiger charge is -2.47. The smallest absolute Gasteiger partial charge is 0.120 e. The number of nitrogens with one attached hydrogen (secondary N) is 1. The molecule has 23 heavy (non-hydrogen) atoms. The summed E-state index contributed by atoms with van der Waals surface area (Å²) in [5.41, 5.74) is 1.93. The standard InChI is InChI=1S/C17H26N4O2/c1-20-12-15(9-16(20)10-18)11-19-13-17(3-2-6-23-14-17)21-4-7-22-8-5-21/h9,12,19H,2-8,11,13-14H2,1H3. The number of rotatable bonds is 5. The fourth-order valence-corrected chi connectivity index (χ4v) is 3.66. The lowest BCUT2D eigenvalue weighted by Crippen LogP contribution is -2.62. The number of morpholine rings is 1. The third-order valence-electron chi connectivity index (χ3n) is 4.94. The second-order valence-corrected chi connectivity index (χ2v) is 6.54. The molecule has 0 aromatic carbocycles. The SMILES string of the molecule is Cn1cc(CNCC2(N3CCOCC3)CCCOC2)cc1C#N. The van der Waals surface area contributed by atoms with Crippen LogP contribution in [0.4, 0.5) is 0 Å². The first-order valence-electron chi connectivity index (χ1n) is 8.40. The van der Waals surface area contributed by atoms with E-state index in [1.165, 1.54) is 0 Å². The van der Waals surface area contributed by atoms with Gasteiger partial charge in [-0.2, -0.15) is 5.26 Å². The Morgan fingerprint density at radius 3 is 2.78 bits per heavy atom. The molecule has 3 heterocycles. The number of nitriles is 1. The lowest BCUT2D eigenvalue weighted by molar-refractivity contribution is -0.0850. The first-order valence-corrected chi connectivity index (χ1v) is 8.40. The third-order valence-corrected chi connectivity index (χ3v) is 4.94. The molecular weight excluding hydrogens is 292 g/mol. The van der Waals surface area contributed by atoms with Crippen molar-refractivity contribution in [3.63, 3.8) is 0 Å². The Morgan fingerprint density at radius 1 is 1.30 bits per heavy atom. The van der Waals surface area contributed by atoms with Crippen molar-refractivity contribution in [2.75, 3.05) is 46.1 Å². The van der Waals surface area contributed by atoms with Gasteiger partial charge in [-0.25, -0.2) is 0 Å². The summed E-state index contributed by atoms with van der Waals surface area (Å²) in [5, 5.41) is 12.6. The Bertz CT molecular complexity index is 551. The fraction of sp³-hybridized carbons (Fsp3) is 0.706. The van der Waals surface area contributed by atoms with Crippen LogP contribution in [0.2, 0.25) is 0 Å². The van der Waals surface area contributed by atoms with E-state index in [-0.39, 0.29) is 5.54 Å². The normalized spacial score (nSPS) is 26.1. The molecule has 0 bridgehead atoms. The highest BCUT2D eigenvalue weighted by Crippen LogP contribution is 2.27. The van der Waals surface area contributed by atoms with Crippen molar-refractivity contribution in [1.29, 1.82) is 5.26 Å². The van der Waals surface area contributed by atoms with E-state index < -0.39 is 0 Å². The van der Waals surface area contributed by atoms with Gasteiger partial charge in [-0.05, 0) is 24.5 Å². The summed E-state index contributed by atoms with van der Waals surface area (Å²) in [4.78, 5) is 2.54. The zero-order valence-electron chi connectivity index (χ0n) is 13.9. The number of hydrogen-bond donors (Lipinski definition) is 1. The van der Waals surface area contributed by atoms with Crippen molar-refractivity contribution in [2.45, 2.75) is 24.9 Å². The van der Waals surface area contributed by atoms with Crippen LogP contribution in [-0.2, 0) is 23.1 Å². The van der Waals surface area contributed by atoms with Gasteiger partial charge in [0.15, 0.2) is 0 Å². The van der Waals surface area contributed by atoms with Gasteiger partial charge in [-0.15, -0.1) is 0 Å². The molecule has 126 valence electrons. The van der Waals surface area contributed by atoms with Gasteiger partial charge in [-0.3, -0.25) is 4.90 Å². The molecule has 1 aromatic heterocycles. The van der Waals surface area contributed by atoms with Crippen molar-refractivity contribution >= 4 is 0 Å². The van der Waals surface area contributed by atoms with E-state index in [0.717, 1.165) is 71.0 Å². The van der Waals surface area contributed by atoms with Gasteiger partial charge in [0.05, 0.1) is 25.4 Å². The number of aryl methyl sites for hydroxylation is 1. The highest BCUT2D eigenvalue weighted by atomic mass is 16.5. The van der Waals surface area contributed by atoms with Crippen LogP contribution in [0.15, 0.2) is 12.3 Å². The molecule has 0 spiro atoms. The van der Waals surface area contributed by atoms with E-state index in [0.29, 0.717) is 5.69 Å². The second-order valence-electron chi connectivity index (χ2n) is 6.54. The maximum absolute atomic E-state index is 9.05. The van der Waals surface area contributed by atoms with Crippen LogP contribution in [0.1, 0.15) is 24.1 Å². The molecule has 6 nitrogen and oxygen atoms in total. The number of hydrogen-bond acceptors (Lipinski definition) is 5. The Kier molecular flexibility index (Phi) is 5.34. The zero-order chi connectivity index (χ0) is 16.1. The van der Waals surface area contributed by atoms with E-state index in [9.17, 15) is 0 Å². The second kappa shape index (κ2) is 7.45. The highest BCUT2D eigenvalue weighted by Gasteiger charge is 2.39. The van der Waals surface area contributed by atoms with E-state index in [1.807, 2.05) is 23.9 Å². The minimum absolute atomic E-state index is 0.0782. The number of nitrogens with zero attached hydrogens (tertiary/aromatic N) is 3. The van der Waals surface area contributed by atoms with Gasteiger partial charge in [-0.1, -0.05) is 0 Å². The van der Waals surface area contributed by atoms with Crippen molar-refractivity contribution < 1.29 is 9.47 Å². The molecule has 1 aromatic rings. The van der Waals surface area contributed by atoms with Crippen LogP contribution >= 0.6 is 0 Å². The summed E-state index contributed by atoms with van der Waals surface area (Å²) in [5.74, 6) is 0. The van der Waals surface area contributed by atoms with Crippen molar-refractivity contribution in [1.82, 2.24) is 14.8 Å². The maximum Gasteiger partial charge on any atom is 0.120 e. The quantitative estimate of drug-likeness (QED) is 0.873. The molecule has 0 amide bonds. The summed E-state index contributed by atoms with van der Waals surface area (Å²) in [6, 6.07) is 4.16. The van der Waals surface area contributed by atoms with E-state index >= 15 is 0 Å². The minimum Gasteiger partial charge on any atom is -0.379 e. The third kappa shape index (κ3) is 3.75. The summed E-state index contributed by atoms with van der Waals surface area (Å²) in [6.45, 7) is 6.93. The van der Waals surface area contributed by atoms with Crippen LogP contribution in [0, 0.1) is 11.3 Å². The Hall–Kier alpha value is -1.39. The molecule has 0 aliphatic carbocycles. The topological polar surface area (TPSA) is 62.5 Å². The number of aromatic nitrogens is 1. The fourth-order valence-electron chi connectivity index (χ4n) is 3.66. The molecule has 1 atom stereocenters. The maximum atomic E-state index is 9.05. The molecular formula is C17H26N4O2. The summed E-state index contributed by atoms with van der Waals surface area (Å²) >= 11 is 0. The van der Waals surface area contributed by atoms with E-state index in [2.05, 4.69) is 16.3 Å². The van der Waals surface area contributed by atoms with Crippen molar-refractivity contribution in [2.24, 2.45) is 7.05 Å². The van der Waals surface area contributed by atoms with Gasteiger partial charge in [0, 0.05) is 46.0 Å². The van der Waals surface area contributed by atoms with Crippen LogP contribution in [0.25, 0.3) is 0 Å². The zero-order valence-corrected chi connectivity index (χ0v) is 13.9. The van der Waals surface area contributed by atoms with Gasteiger partial charge in [0.1, 0.15) is 11.8 Å². The molecule has 2 aliphatic heterocycles. The molecule has 2 aliphatic rings. The van der Waals surface area contributed by atoms with E-state index in [1.54, 1.807) is 0 Å². The van der Waals surface area contributed by atoms with Gasteiger partial charge >= 0.3 is 0 Å². The van der Waals surface area contributed by atoms with Gasteiger partial charge < -0.3 is 19.4 Å². The molecule has 1 unspecified atom stereocenters. The molecule has 2 fully saturated rings. The Labute approximate surface area is 138 Å². The van der Waals surface area contributed by atoms with Crippen LogP contribution in [-0.4, -0.2) is 61.1 Å². The van der Waals surface area contributed by atoms with Crippen molar-refractivity contribution in [3.05, 3.63) is 23.5 Å². The van der Waals surface area contributed by atoms with Gasteiger partial charge in [0.25, 0.3) is 0 Å². The van der Waals surface area contributed by atoms with Crippen LogP contribution in [0.5, 0.6) is 0 Å². The highest BCUT2D eigenvalue weighted by molar-refractivity contribution is 5.28. The molecule has 2 saturated heterocycles. The van der Waals surface area contributed by atoms with Crippen molar-refractivity contribution in [3.8, 4) is 6.07 Å². The minimum atomic E-state index is 0.0782. The molecule has 3 rings (SSSR count). The summed E-state index contributed by atoms with van der Waals surface area (Å²) in [7, 11) is 1.91. The average molecular weight is 318 g/mol. The Morgan fingerprint density at radius 2 is 2.13 bits per heavy atom. The first kappa shape index (κ1) is 16.5. The average Bonchev–Trinajstić information content (AvgIpc) is 2.96. The summed E-state index contributed by atoms with van der Waals surface area (Å²) in [6.07, 6.45) is 4.30. The van der Waals surface area contributed by atoms with E-state index in [4.69, 9.17) is 14.7 Å². The number of ether oxygens (including phenoxy) is 2. The summed E-state index contributed by atoms with van der Waals surface area (Å²) < 4.78 is 13.2. The molecule has 0 saturated carbocycles.